The predicted octanol–water partition coefficient (Wildman–Crippen LogP) is 1.38. The summed E-state index contributed by atoms with van der Waals surface area (Å²) in [4.78, 5) is 24.2. The summed E-state index contributed by atoms with van der Waals surface area (Å²) in [5.74, 6) is 0.208. The van der Waals surface area contributed by atoms with E-state index in [1.807, 2.05) is 19.9 Å². The summed E-state index contributed by atoms with van der Waals surface area (Å²) in [6, 6.07) is 1.26. The molecule has 0 saturated carbocycles. The van der Waals surface area contributed by atoms with Gasteiger partial charge in [0.1, 0.15) is 11.7 Å². The SMILES string of the molecule is Cc1cc(C)n(C(C)C(=O)NCC(C)C)c(=O)c1N. The Labute approximate surface area is 113 Å². The standard InChI is InChI=1S/C14H23N3O2/c1-8(2)7-16-13(18)11(5)17-10(4)6-9(3)12(15)14(17)19/h6,8,11H,7,15H2,1-5H3,(H,16,18). The van der Waals surface area contributed by atoms with Gasteiger partial charge >= 0.3 is 0 Å². The molecular formula is C14H23N3O2. The van der Waals surface area contributed by atoms with Gasteiger partial charge in [-0.1, -0.05) is 13.8 Å². The Bertz CT molecular complexity index is 532. The number of nitrogens with two attached hydrogens (primary N) is 1. The van der Waals surface area contributed by atoms with Crippen molar-refractivity contribution >= 4 is 11.6 Å². The number of rotatable bonds is 4. The zero-order chi connectivity index (χ0) is 14.7. The summed E-state index contributed by atoms with van der Waals surface area (Å²) in [6.45, 7) is 9.94. The lowest BCUT2D eigenvalue weighted by Crippen LogP contribution is -2.38. The van der Waals surface area contributed by atoms with E-state index in [4.69, 9.17) is 5.73 Å². The molecule has 0 fully saturated rings. The Balaban J connectivity index is 3.07. The second kappa shape index (κ2) is 5.91. The average molecular weight is 265 g/mol. The van der Waals surface area contributed by atoms with E-state index in [2.05, 4.69) is 5.32 Å². The van der Waals surface area contributed by atoms with Gasteiger partial charge in [-0.3, -0.25) is 14.2 Å². The topological polar surface area (TPSA) is 77.1 Å². The van der Waals surface area contributed by atoms with Crippen molar-refractivity contribution in [3.05, 3.63) is 27.7 Å². The van der Waals surface area contributed by atoms with Gasteiger partial charge in [-0.25, -0.2) is 0 Å². The fourth-order valence-corrected chi connectivity index (χ4v) is 1.97. The second-order valence-electron chi connectivity index (χ2n) is 5.37. The molecule has 0 bridgehead atoms. The van der Waals surface area contributed by atoms with Gasteiger partial charge in [-0.15, -0.1) is 0 Å². The molecule has 5 nitrogen and oxygen atoms in total. The van der Waals surface area contributed by atoms with Gasteiger partial charge in [0, 0.05) is 12.2 Å². The zero-order valence-electron chi connectivity index (χ0n) is 12.3. The molecule has 1 amide bonds. The second-order valence-corrected chi connectivity index (χ2v) is 5.37. The van der Waals surface area contributed by atoms with E-state index < -0.39 is 6.04 Å². The molecule has 19 heavy (non-hydrogen) atoms. The molecule has 1 heterocycles. The number of aromatic nitrogens is 1. The number of aryl methyl sites for hydroxylation is 2. The van der Waals surface area contributed by atoms with Crippen LogP contribution >= 0.6 is 0 Å². The molecule has 106 valence electrons. The molecule has 1 unspecified atom stereocenters. The summed E-state index contributed by atoms with van der Waals surface area (Å²) in [5.41, 5.74) is 7.13. The first-order chi connectivity index (χ1) is 8.75. The smallest absolute Gasteiger partial charge is 0.274 e. The fourth-order valence-electron chi connectivity index (χ4n) is 1.97. The summed E-state index contributed by atoms with van der Waals surface area (Å²) in [5, 5.41) is 2.83. The molecule has 1 atom stereocenters. The van der Waals surface area contributed by atoms with Crippen LogP contribution in [0.4, 0.5) is 5.69 Å². The van der Waals surface area contributed by atoms with Crippen LogP contribution in [-0.2, 0) is 4.79 Å². The van der Waals surface area contributed by atoms with E-state index in [1.165, 1.54) is 4.57 Å². The number of pyridine rings is 1. The Morgan fingerprint density at radius 1 is 1.37 bits per heavy atom. The van der Waals surface area contributed by atoms with Crippen molar-refractivity contribution in [2.24, 2.45) is 5.92 Å². The van der Waals surface area contributed by atoms with Crippen LogP contribution in [0.1, 0.15) is 38.1 Å². The van der Waals surface area contributed by atoms with Gasteiger partial charge < -0.3 is 11.1 Å². The lowest BCUT2D eigenvalue weighted by molar-refractivity contribution is -0.124. The molecule has 0 aliphatic heterocycles. The number of nitrogen functional groups attached to an aromatic ring is 1. The monoisotopic (exact) mass is 265 g/mol. The third-order valence-corrected chi connectivity index (χ3v) is 3.13. The lowest BCUT2D eigenvalue weighted by atomic mass is 10.1. The summed E-state index contributed by atoms with van der Waals surface area (Å²) in [6.07, 6.45) is 0. The van der Waals surface area contributed by atoms with Crippen molar-refractivity contribution in [1.29, 1.82) is 0 Å². The molecule has 0 spiro atoms. The van der Waals surface area contributed by atoms with Crippen molar-refractivity contribution in [3.8, 4) is 0 Å². The van der Waals surface area contributed by atoms with Crippen LogP contribution in [0.2, 0.25) is 0 Å². The highest BCUT2D eigenvalue weighted by Gasteiger charge is 2.19. The van der Waals surface area contributed by atoms with Crippen molar-refractivity contribution < 1.29 is 4.79 Å². The highest BCUT2D eigenvalue weighted by molar-refractivity contribution is 5.80. The molecule has 0 saturated heterocycles. The Morgan fingerprint density at radius 3 is 2.47 bits per heavy atom. The first kappa shape index (κ1) is 15.3. The van der Waals surface area contributed by atoms with Crippen molar-refractivity contribution in [2.75, 3.05) is 12.3 Å². The third kappa shape index (κ3) is 3.36. The first-order valence-corrected chi connectivity index (χ1v) is 6.51. The number of hydrogen-bond acceptors (Lipinski definition) is 3. The molecule has 1 rings (SSSR count). The maximum atomic E-state index is 12.2. The minimum atomic E-state index is -0.561. The summed E-state index contributed by atoms with van der Waals surface area (Å²) < 4.78 is 1.44. The summed E-state index contributed by atoms with van der Waals surface area (Å²) in [7, 11) is 0. The zero-order valence-corrected chi connectivity index (χ0v) is 12.3. The molecule has 1 aromatic heterocycles. The molecule has 0 aliphatic rings. The van der Waals surface area contributed by atoms with E-state index in [1.54, 1.807) is 20.8 Å². The van der Waals surface area contributed by atoms with Crippen LogP contribution in [-0.4, -0.2) is 17.0 Å². The minimum absolute atomic E-state index is 0.165. The quantitative estimate of drug-likeness (QED) is 0.863. The number of anilines is 1. The number of amides is 1. The van der Waals surface area contributed by atoms with E-state index >= 15 is 0 Å². The van der Waals surface area contributed by atoms with Crippen LogP contribution in [0.5, 0.6) is 0 Å². The van der Waals surface area contributed by atoms with Gasteiger partial charge in [0.2, 0.25) is 5.91 Å². The molecule has 5 heteroatoms. The molecule has 1 aromatic rings. The van der Waals surface area contributed by atoms with Gasteiger partial charge in [0.25, 0.3) is 5.56 Å². The van der Waals surface area contributed by atoms with E-state index in [0.717, 1.165) is 11.3 Å². The average Bonchev–Trinajstić information content (AvgIpc) is 2.32. The molecular weight excluding hydrogens is 242 g/mol. The van der Waals surface area contributed by atoms with Crippen LogP contribution in [0.3, 0.4) is 0 Å². The highest BCUT2D eigenvalue weighted by Crippen LogP contribution is 2.12. The maximum Gasteiger partial charge on any atom is 0.274 e. The molecule has 0 aromatic carbocycles. The Hall–Kier alpha value is -1.78. The van der Waals surface area contributed by atoms with Gasteiger partial charge in [-0.2, -0.15) is 0 Å². The van der Waals surface area contributed by atoms with E-state index in [0.29, 0.717) is 12.5 Å². The van der Waals surface area contributed by atoms with E-state index in [9.17, 15) is 9.59 Å². The number of nitrogens with one attached hydrogen (secondary N) is 1. The van der Waals surface area contributed by atoms with Crippen LogP contribution in [0.15, 0.2) is 10.9 Å². The molecule has 0 aliphatic carbocycles. The minimum Gasteiger partial charge on any atom is -0.394 e. The number of hydrogen-bond donors (Lipinski definition) is 2. The number of carbonyl (C=O) groups excluding carboxylic acids is 1. The van der Waals surface area contributed by atoms with Crippen LogP contribution in [0.25, 0.3) is 0 Å². The highest BCUT2D eigenvalue weighted by atomic mass is 16.2. The number of carbonyl (C=O) groups is 1. The lowest BCUT2D eigenvalue weighted by Gasteiger charge is -2.19. The fraction of sp³-hybridized carbons (Fsp3) is 0.571. The predicted molar refractivity (Wildman–Crippen MR) is 77.1 cm³/mol. The Kier molecular flexibility index (Phi) is 4.75. The largest absolute Gasteiger partial charge is 0.394 e. The summed E-state index contributed by atoms with van der Waals surface area (Å²) >= 11 is 0. The maximum absolute atomic E-state index is 12.2. The van der Waals surface area contributed by atoms with Crippen molar-refractivity contribution in [3.63, 3.8) is 0 Å². The third-order valence-electron chi connectivity index (χ3n) is 3.13. The van der Waals surface area contributed by atoms with Gasteiger partial charge in [0.15, 0.2) is 0 Å². The van der Waals surface area contributed by atoms with Crippen LogP contribution in [0, 0.1) is 19.8 Å². The van der Waals surface area contributed by atoms with Gasteiger partial charge in [-0.05, 0) is 38.3 Å². The van der Waals surface area contributed by atoms with Gasteiger partial charge in [0.05, 0.1) is 0 Å². The number of nitrogens with zero attached hydrogens (tertiary/aromatic N) is 1. The van der Waals surface area contributed by atoms with Crippen LogP contribution < -0.4 is 16.6 Å². The Morgan fingerprint density at radius 2 is 1.95 bits per heavy atom. The van der Waals surface area contributed by atoms with Crippen molar-refractivity contribution in [2.45, 2.75) is 40.7 Å². The normalized spacial score (nSPS) is 12.5. The molecule has 0 radical (unpaired) electrons. The first-order valence-electron chi connectivity index (χ1n) is 6.51. The van der Waals surface area contributed by atoms with Crippen molar-refractivity contribution in [1.82, 2.24) is 9.88 Å². The van der Waals surface area contributed by atoms with E-state index in [-0.39, 0.29) is 17.2 Å². The molecule has 3 N–H and O–H groups in total.